The minimum Gasteiger partial charge on any atom is -0.508 e. The number of phenolic OH excluding ortho intramolecular Hbond substituents is 2. The number of benzene rings is 3. The molecule has 0 aromatic heterocycles. The first kappa shape index (κ1) is 37.2. The van der Waals surface area contributed by atoms with Gasteiger partial charge < -0.3 is 30.5 Å². The second kappa shape index (κ2) is 17.6. The number of halogens is 1. The molecule has 254 valence electrons. The summed E-state index contributed by atoms with van der Waals surface area (Å²) < 4.78 is 5.52. The van der Waals surface area contributed by atoms with E-state index >= 15 is 0 Å². The van der Waals surface area contributed by atoms with Crippen molar-refractivity contribution in [3.05, 3.63) is 88.4 Å². The fraction of sp³-hybridized carbons (Fsp3) is 0.432. The highest BCUT2D eigenvalue weighted by molar-refractivity contribution is 6.34. The van der Waals surface area contributed by atoms with Crippen LogP contribution in [0.4, 0.5) is 10.5 Å². The molecule has 3 aromatic carbocycles. The number of carbonyl (C=O) groups is 3. The minimum atomic E-state index is -1.13. The summed E-state index contributed by atoms with van der Waals surface area (Å²) in [6, 6.07) is 15.6. The van der Waals surface area contributed by atoms with Crippen molar-refractivity contribution in [3.8, 4) is 11.5 Å². The van der Waals surface area contributed by atoms with Crippen LogP contribution in [0.5, 0.6) is 11.5 Å². The molecule has 47 heavy (non-hydrogen) atoms. The number of ether oxygens (including phenoxy) is 1. The summed E-state index contributed by atoms with van der Waals surface area (Å²) in [5.41, 5.74) is 1.54. The molecule has 0 spiro atoms. The predicted molar refractivity (Wildman–Crippen MR) is 186 cm³/mol. The summed E-state index contributed by atoms with van der Waals surface area (Å²) in [4.78, 5) is 43.5. The lowest BCUT2D eigenvalue weighted by Crippen LogP contribution is -2.53. The number of amides is 3. The van der Waals surface area contributed by atoms with Crippen LogP contribution in [0.25, 0.3) is 0 Å². The van der Waals surface area contributed by atoms with E-state index < -0.39 is 35.6 Å². The van der Waals surface area contributed by atoms with Crippen LogP contribution in [-0.4, -0.2) is 51.2 Å². The van der Waals surface area contributed by atoms with Gasteiger partial charge in [-0.05, 0) is 81.1 Å². The topological polar surface area (TPSA) is 128 Å². The van der Waals surface area contributed by atoms with E-state index in [9.17, 15) is 24.6 Å². The Morgan fingerprint density at radius 3 is 2.06 bits per heavy atom. The van der Waals surface area contributed by atoms with Crippen molar-refractivity contribution in [3.63, 3.8) is 0 Å². The number of unbranched alkanes of at least 4 members (excludes halogenated alkanes) is 5. The largest absolute Gasteiger partial charge is 0.508 e. The highest BCUT2D eigenvalue weighted by atomic mass is 35.5. The van der Waals surface area contributed by atoms with Gasteiger partial charge in [0.2, 0.25) is 5.91 Å². The lowest BCUT2D eigenvalue weighted by molar-refractivity contribution is -0.140. The van der Waals surface area contributed by atoms with E-state index in [1.165, 1.54) is 29.2 Å². The van der Waals surface area contributed by atoms with Gasteiger partial charge in [-0.1, -0.05) is 87.0 Å². The highest BCUT2D eigenvalue weighted by Crippen LogP contribution is 2.31. The predicted octanol–water partition coefficient (Wildman–Crippen LogP) is 8.06. The van der Waals surface area contributed by atoms with Crippen LogP contribution in [-0.2, 0) is 20.7 Å². The third-order valence-corrected chi connectivity index (χ3v) is 7.95. The van der Waals surface area contributed by atoms with Gasteiger partial charge in [0, 0.05) is 13.0 Å². The van der Waals surface area contributed by atoms with Crippen molar-refractivity contribution in [2.24, 2.45) is 0 Å². The Bertz CT molecular complexity index is 1450. The molecule has 0 aliphatic carbocycles. The number of anilines is 1. The molecule has 2 atom stereocenters. The van der Waals surface area contributed by atoms with Crippen LogP contribution >= 0.6 is 11.6 Å². The number of alkyl carbamates (subject to hydrolysis) is 1. The van der Waals surface area contributed by atoms with Crippen LogP contribution in [0.1, 0.15) is 89.0 Å². The lowest BCUT2D eigenvalue weighted by atomic mass is 9.99. The number of nitrogens with one attached hydrogen (secondary N) is 2. The molecule has 3 rings (SSSR count). The number of carbonyl (C=O) groups excluding carboxylic acids is 3. The molecule has 0 saturated carbocycles. The first-order valence-corrected chi connectivity index (χ1v) is 16.6. The van der Waals surface area contributed by atoms with Crippen LogP contribution in [0, 0.1) is 6.92 Å². The Labute approximate surface area is 283 Å². The number of rotatable bonds is 15. The zero-order valence-electron chi connectivity index (χ0n) is 28.0. The zero-order chi connectivity index (χ0) is 34.6. The molecule has 3 amide bonds. The van der Waals surface area contributed by atoms with E-state index in [2.05, 4.69) is 17.6 Å². The monoisotopic (exact) mass is 665 g/mol. The van der Waals surface area contributed by atoms with Gasteiger partial charge in [-0.2, -0.15) is 0 Å². The van der Waals surface area contributed by atoms with Crippen LogP contribution in [0.3, 0.4) is 0 Å². The number of aromatic hydroxyl groups is 2. The lowest BCUT2D eigenvalue weighted by Gasteiger charge is -2.35. The van der Waals surface area contributed by atoms with E-state index in [0.29, 0.717) is 28.3 Å². The minimum absolute atomic E-state index is 0.0143. The maximum atomic E-state index is 14.7. The van der Waals surface area contributed by atoms with Crippen molar-refractivity contribution < 1.29 is 29.3 Å². The average molecular weight is 666 g/mol. The van der Waals surface area contributed by atoms with Gasteiger partial charge >= 0.3 is 6.09 Å². The van der Waals surface area contributed by atoms with Crippen molar-refractivity contribution in [1.82, 2.24) is 10.2 Å². The van der Waals surface area contributed by atoms with Crippen LogP contribution < -0.4 is 10.6 Å². The highest BCUT2D eigenvalue weighted by Gasteiger charge is 2.36. The van der Waals surface area contributed by atoms with Gasteiger partial charge in [-0.15, -0.1) is 0 Å². The summed E-state index contributed by atoms with van der Waals surface area (Å²) in [6.07, 6.45) is 5.06. The molecule has 0 heterocycles. The third-order valence-electron chi connectivity index (χ3n) is 7.64. The maximum absolute atomic E-state index is 14.7. The van der Waals surface area contributed by atoms with Crippen molar-refractivity contribution in [1.29, 1.82) is 0 Å². The van der Waals surface area contributed by atoms with Gasteiger partial charge in [0.25, 0.3) is 5.91 Å². The summed E-state index contributed by atoms with van der Waals surface area (Å²) in [5.74, 6) is -0.894. The molecule has 0 aliphatic heterocycles. The van der Waals surface area contributed by atoms with Gasteiger partial charge in [-0.3, -0.25) is 9.59 Å². The molecule has 0 bridgehead atoms. The molecule has 0 radical (unpaired) electrons. The smallest absolute Gasteiger partial charge is 0.408 e. The molecule has 9 nitrogen and oxygen atoms in total. The number of hydrogen-bond acceptors (Lipinski definition) is 6. The molecular formula is C37H48ClN3O6. The molecule has 0 fully saturated rings. The Morgan fingerprint density at radius 2 is 1.47 bits per heavy atom. The summed E-state index contributed by atoms with van der Waals surface area (Å²) >= 11 is 6.49. The first-order valence-electron chi connectivity index (χ1n) is 16.2. The SMILES string of the molecule is CCCCCCCCN(C(=O)C(Cc1ccc(O)cc1)NC(=O)OC(C)(C)C)C(C(=O)Nc1c(C)cccc1Cl)c1ccc(O)cc1. The summed E-state index contributed by atoms with van der Waals surface area (Å²) in [7, 11) is 0. The summed E-state index contributed by atoms with van der Waals surface area (Å²) in [5, 5.41) is 26.0. The number of phenols is 2. The Kier molecular flexibility index (Phi) is 13.9. The van der Waals surface area contributed by atoms with Crippen LogP contribution in [0.2, 0.25) is 5.02 Å². The first-order chi connectivity index (χ1) is 22.3. The van der Waals surface area contributed by atoms with Crippen LogP contribution in [0.15, 0.2) is 66.7 Å². The van der Waals surface area contributed by atoms with Crippen molar-refractivity contribution in [2.75, 3.05) is 11.9 Å². The molecule has 4 N–H and O–H groups in total. The molecular weight excluding hydrogens is 618 g/mol. The Hall–Kier alpha value is -4.24. The van der Waals surface area contributed by atoms with Crippen molar-refractivity contribution in [2.45, 2.75) is 97.2 Å². The number of para-hydroxylation sites is 1. The van der Waals surface area contributed by atoms with E-state index in [1.807, 2.05) is 13.0 Å². The second-order valence-electron chi connectivity index (χ2n) is 12.8. The van der Waals surface area contributed by atoms with Crippen molar-refractivity contribution >= 4 is 35.2 Å². The quantitative estimate of drug-likeness (QED) is 0.122. The summed E-state index contributed by atoms with van der Waals surface area (Å²) in [6.45, 7) is 9.40. The normalized spacial score (nSPS) is 12.6. The van der Waals surface area contributed by atoms with Gasteiger partial charge in [0.05, 0.1) is 10.7 Å². The average Bonchev–Trinajstić information content (AvgIpc) is 3.00. The Morgan fingerprint density at radius 1 is 0.872 bits per heavy atom. The van der Waals surface area contributed by atoms with Gasteiger partial charge in [0.1, 0.15) is 29.2 Å². The molecule has 2 unspecified atom stereocenters. The molecule has 0 aliphatic rings. The zero-order valence-corrected chi connectivity index (χ0v) is 28.8. The number of aryl methyl sites for hydroxylation is 1. The number of hydrogen-bond donors (Lipinski definition) is 4. The third kappa shape index (κ3) is 11.8. The van der Waals surface area contributed by atoms with E-state index in [0.717, 1.165) is 37.7 Å². The molecule has 10 heteroatoms. The second-order valence-corrected chi connectivity index (χ2v) is 13.2. The fourth-order valence-electron chi connectivity index (χ4n) is 5.26. The van der Waals surface area contributed by atoms with E-state index in [-0.39, 0.29) is 24.5 Å². The number of nitrogens with zero attached hydrogens (tertiary/aromatic N) is 1. The maximum Gasteiger partial charge on any atom is 0.408 e. The van der Waals surface area contributed by atoms with E-state index in [1.54, 1.807) is 57.2 Å². The fourth-order valence-corrected chi connectivity index (χ4v) is 5.53. The molecule has 3 aromatic rings. The standard InChI is InChI=1S/C37H48ClN3O6/c1-6-7-8-9-10-11-23-41(35(45)31(39-36(46)47-37(3,4)5)24-26-15-19-28(42)20-16-26)33(27-17-21-29(43)22-18-27)34(44)40-32-25(2)13-12-14-30(32)38/h12-22,31,33,42-43H,6-11,23-24H2,1-5H3,(H,39,46)(H,40,44). The van der Waals surface area contributed by atoms with E-state index in [4.69, 9.17) is 16.3 Å². The van der Waals surface area contributed by atoms with Gasteiger partial charge in [-0.25, -0.2) is 4.79 Å². The Balaban J connectivity index is 2.08. The van der Waals surface area contributed by atoms with Gasteiger partial charge in [0.15, 0.2) is 0 Å². The molecule has 0 saturated heterocycles.